The number of piperazine rings is 1. The van der Waals surface area contributed by atoms with Crippen molar-refractivity contribution in [1.82, 2.24) is 19.6 Å². The Balaban J connectivity index is 0.00000312. The van der Waals surface area contributed by atoms with Crippen LogP contribution in [0.4, 0.5) is 5.13 Å². The van der Waals surface area contributed by atoms with Gasteiger partial charge in [0.05, 0.1) is 12.1 Å². The van der Waals surface area contributed by atoms with Gasteiger partial charge in [0, 0.05) is 57.8 Å². The molecule has 7 nitrogen and oxygen atoms in total. The monoisotopic (exact) mass is 482 g/mol. The molecule has 0 radical (unpaired) electrons. The number of aromatic nitrogens is 2. The van der Waals surface area contributed by atoms with Crippen LogP contribution in [0.25, 0.3) is 0 Å². The summed E-state index contributed by atoms with van der Waals surface area (Å²) in [5.74, 6) is 1.91. The van der Waals surface area contributed by atoms with Crippen molar-refractivity contribution in [3.63, 3.8) is 0 Å². The fourth-order valence-corrected chi connectivity index (χ4v) is 3.18. The highest BCUT2D eigenvalue weighted by molar-refractivity contribution is 14.0. The average molecular weight is 482 g/mol. The quantitative estimate of drug-likeness (QED) is 0.381. The number of hydrogen-bond acceptors (Lipinski definition) is 6. The summed E-state index contributed by atoms with van der Waals surface area (Å²) >= 11 is 1.50. The minimum absolute atomic E-state index is 0. The lowest BCUT2D eigenvalue weighted by Crippen LogP contribution is -2.53. The summed E-state index contributed by atoms with van der Waals surface area (Å²) < 4.78 is 9.85. The van der Waals surface area contributed by atoms with E-state index in [4.69, 9.17) is 9.73 Å². The molecule has 1 aromatic heterocycles. The van der Waals surface area contributed by atoms with E-state index < -0.39 is 0 Å². The molecule has 1 aliphatic heterocycles. The zero-order chi connectivity index (χ0) is 17.6. The Kier molecular flexibility index (Phi) is 9.36. The molecule has 0 aliphatic carbocycles. The maximum absolute atomic E-state index is 5.47. The summed E-state index contributed by atoms with van der Waals surface area (Å²) in [5, 5.41) is 4.43. The number of nitrogens with one attached hydrogen (secondary N) is 1. The summed E-state index contributed by atoms with van der Waals surface area (Å²) in [6.07, 6.45) is 0.892. The molecular formula is C16H31IN6OS. The summed E-state index contributed by atoms with van der Waals surface area (Å²) in [7, 11) is 1.73. The lowest BCUT2D eigenvalue weighted by atomic mass is 10.1. The second-order valence-electron chi connectivity index (χ2n) is 6.45. The largest absolute Gasteiger partial charge is 0.377 e. The molecule has 9 heteroatoms. The molecule has 1 saturated heterocycles. The molecule has 0 saturated carbocycles. The van der Waals surface area contributed by atoms with Crippen LogP contribution in [0.1, 0.15) is 33.5 Å². The van der Waals surface area contributed by atoms with Crippen molar-refractivity contribution in [3.05, 3.63) is 5.82 Å². The van der Waals surface area contributed by atoms with Crippen LogP contribution in [-0.4, -0.2) is 72.2 Å². The SMILES string of the molecule is CCNC(=NCC(C)(C)OC)N1CCN(c2nc(CC)ns2)CC1.I. The first-order valence-corrected chi connectivity index (χ1v) is 9.42. The van der Waals surface area contributed by atoms with Crippen molar-refractivity contribution in [2.24, 2.45) is 4.99 Å². The number of anilines is 1. The highest BCUT2D eigenvalue weighted by Gasteiger charge is 2.23. The van der Waals surface area contributed by atoms with Crippen molar-refractivity contribution < 1.29 is 4.74 Å². The first-order chi connectivity index (χ1) is 11.5. The number of nitrogens with zero attached hydrogens (tertiary/aromatic N) is 5. The Morgan fingerprint density at radius 2 is 1.96 bits per heavy atom. The fraction of sp³-hybridized carbons (Fsp3) is 0.812. The lowest BCUT2D eigenvalue weighted by Gasteiger charge is -2.36. The van der Waals surface area contributed by atoms with Gasteiger partial charge >= 0.3 is 0 Å². The molecule has 1 fully saturated rings. The molecule has 144 valence electrons. The van der Waals surface area contributed by atoms with Crippen molar-refractivity contribution >= 4 is 46.6 Å². The highest BCUT2D eigenvalue weighted by atomic mass is 127. The predicted octanol–water partition coefficient (Wildman–Crippen LogP) is 2.23. The maximum atomic E-state index is 5.47. The molecular weight excluding hydrogens is 451 g/mol. The van der Waals surface area contributed by atoms with Crippen LogP contribution in [0.5, 0.6) is 0 Å². The molecule has 1 aliphatic rings. The van der Waals surface area contributed by atoms with Crippen molar-refractivity contribution in [2.45, 2.75) is 39.7 Å². The topological polar surface area (TPSA) is 65.9 Å². The third-order valence-corrected chi connectivity index (χ3v) is 4.94. The minimum Gasteiger partial charge on any atom is -0.377 e. The number of guanidine groups is 1. The zero-order valence-corrected chi connectivity index (χ0v) is 19.1. The summed E-state index contributed by atoms with van der Waals surface area (Å²) in [4.78, 5) is 14.0. The zero-order valence-electron chi connectivity index (χ0n) is 15.9. The fourth-order valence-electron chi connectivity index (χ4n) is 2.38. The van der Waals surface area contributed by atoms with E-state index in [2.05, 4.69) is 52.2 Å². The molecule has 0 amide bonds. The smallest absolute Gasteiger partial charge is 0.205 e. The van der Waals surface area contributed by atoms with E-state index in [-0.39, 0.29) is 29.6 Å². The third kappa shape index (κ3) is 6.52. The Hall–Kier alpha value is -0.680. The highest BCUT2D eigenvalue weighted by Crippen LogP contribution is 2.19. The van der Waals surface area contributed by atoms with Gasteiger partial charge in [-0.2, -0.15) is 4.37 Å². The van der Waals surface area contributed by atoms with Crippen molar-refractivity contribution in [3.8, 4) is 0 Å². The van der Waals surface area contributed by atoms with E-state index in [0.717, 1.165) is 56.1 Å². The van der Waals surface area contributed by atoms with Gasteiger partial charge in [-0.15, -0.1) is 24.0 Å². The second-order valence-corrected chi connectivity index (χ2v) is 7.19. The Morgan fingerprint density at radius 1 is 1.28 bits per heavy atom. The normalized spacial score (nSPS) is 16.0. The summed E-state index contributed by atoms with van der Waals surface area (Å²) in [5.41, 5.74) is -0.244. The van der Waals surface area contributed by atoms with Gasteiger partial charge in [-0.3, -0.25) is 4.99 Å². The summed E-state index contributed by atoms with van der Waals surface area (Å²) in [6.45, 7) is 13.5. The first-order valence-electron chi connectivity index (χ1n) is 8.65. The van der Waals surface area contributed by atoms with Gasteiger partial charge in [-0.25, -0.2) is 4.98 Å². The number of aliphatic imine (C=N–C) groups is 1. The first kappa shape index (κ1) is 22.4. The number of methoxy groups -OCH3 is 1. The Bertz CT molecular complexity index is 542. The number of ether oxygens (including phenoxy) is 1. The van der Waals surface area contributed by atoms with Gasteiger partial charge in [0.25, 0.3) is 0 Å². The molecule has 2 heterocycles. The van der Waals surface area contributed by atoms with Crippen LogP contribution in [-0.2, 0) is 11.2 Å². The van der Waals surface area contributed by atoms with Crippen LogP contribution < -0.4 is 10.2 Å². The molecule has 0 atom stereocenters. The van der Waals surface area contributed by atoms with E-state index in [0.29, 0.717) is 6.54 Å². The van der Waals surface area contributed by atoms with Gasteiger partial charge in [0.2, 0.25) is 5.13 Å². The number of halogens is 1. The molecule has 1 N–H and O–H groups in total. The van der Waals surface area contributed by atoms with E-state index in [1.807, 2.05) is 0 Å². The van der Waals surface area contributed by atoms with E-state index in [9.17, 15) is 0 Å². The molecule has 1 aromatic rings. The van der Waals surface area contributed by atoms with Gasteiger partial charge in [0.15, 0.2) is 5.96 Å². The Morgan fingerprint density at radius 3 is 2.48 bits per heavy atom. The minimum atomic E-state index is -0.244. The average Bonchev–Trinajstić information content (AvgIpc) is 3.08. The van der Waals surface area contributed by atoms with Crippen LogP contribution in [0, 0.1) is 0 Å². The van der Waals surface area contributed by atoms with Crippen molar-refractivity contribution in [2.75, 3.05) is 51.3 Å². The third-order valence-electron chi connectivity index (χ3n) is 4.12. The standard InChI is InChI=1S/C16H30N6OS.HI/c1-6-13-19-15(24-20-13)22-10-8-21(9-11-22)14(17-7-2)18-12-16(3,4)23-5;/h6-12H2,1-5H3,(H,17,18);1H. The van der Waals surface area contributed by atoms with Gasteiger partial charge in [0.1, 0.15) is 5.82 Å². The van der Waals surface area contributed by atoms with E-state index in [1.54, 1.807) is 7.11 Å². The number of hydrogen-bond donors (Lipinski definition) is 1. The molecule has 25 heavy (non-hydrogen) atoms. The van der Waals surface area contributed by atoms with Crippen LogP contribution in [0.15, 0.2) is 4.99 Å². The van der Waals surface area contributed by atoms with Crippen LogP contribution >= 0.6 is 35.5 Å². The summed E-state index contributed by atoms with van der Waals surface area (Å²) in [6, 6.07) is 0. The second kappa shape index (κ2) is 10.5. The van der Waals surface area contributed by atoms with Gasteiger partial charge in [-0.1, -0.05) is 6.92 Å². The molecule has 0 unspecified atom stereocenters. The van der Waals surface area contributed by atoms with Gasteiger partial charge < -0.3 is 19.9 Å². The maximum Gasteiger partial charge on any atom is 0.205 e. The molecule has 2 rings (SSSR count). The van der Waals surface area contributed by atoms with Crippen LogP contribution in [0.3, 0.4) is 0 Å². The van der Waals surface area contributed by atoms with E-state index in [1.165, 1.54) is 11.5 Å². The Labute approximate surface area is 172 Å². The number of rotatable bonds is 6. The van der Waals surface area contributed by atoms with Gasteiger partial charge in [-0.05, 0) is 20.8 Å². The predicted molar refractivity (Wildman–Crippen MR) is 116 cm³/mol. The van der Waals surface area contributed by atoms with E-state index >= 15 is 0 Å². The number of aryl methyl sites for hydroxylation is 1. The molecule has 0 aromatic carbocycles. The molecule has 0 spiro atoms. The van der Waals surface area contributed by atoms with Crippen molar-refractivity contribution in [1.29, 1.82) is 0 Å². The lowest BCUT2D eigenvalue weighted by molar-refractivity contribution is 0.0309. The van der Waals surface area contributed by atoms with Crippen LogP contribution in [0.2, 0.25) is 0 Å². The molecule has 0 bridgehead atoms.